The van der Waals surface area contributed by atoms with Crippen LogP contribution in [-0.4, -0.2) is 50.1 Å². The number of anilines is 1. The van der Waals surface area contributed by atoms with Crippen molar-refractivity contribution >= 4 is 11.6 Å². The molecule has 1 unspecified atom stereocenters. The van der Waals surface area contributed by atoms with E-state index in [0.29, 0.717) is 18.2 Å². The lowest BCUT2D eigenvalue weighted by molar-refractivity contribution is -0.116. The second kappa shape index (κ2) is 7.26. The van der Waals surface area contributed by atoms with E-state index in [1.165, 1.54) is 0 Å². The highest BCUT2D eigenvalue weighted by Gasteiger charge is 2.16. The maximum absolute atomic E-state index is 12.0. The van der Waals surface area contributed by atoms with E-state index in [4.69, 9.17) is 4.74 Å². The number of methoxy groups -OCH3 is 1. The molecular weight excluding hydrogens is 254 g/mol. The number of hydrogen-bond acceptors (Lipinski definition) is 4. The van der Waals surface area contributed by atoms with Crippen LogP contribution in [0, 0.1) is 0 Å². The minimum absolute atomic E-state index is 0.0284. The first kappa shape index (κ1) is 14.8. The van der Waals surface area contributed by atoms with Crippen LogP contribution in [0.2, 0.25) is 0 Å². The lowest BCUT2D eigenvalue weighted by Gasteiger charge is -2.31. The topological polar surface area (TPSA) is 53.6 Å². The lowest BCUT2D eigenvalue weighted by Crippen LogP contribution is -2.49. The molecule has 1 aliphatic rings. The third kappa shape index (κ3) is 4.21. The fourth-order valence-electron chi connectivity index (χ4n) is 2.44. The van der Waals surface area contributed by atoms with Crippen LogP contribution in [0.3, 0.4) is 0 Å². The van der Waals surface area contributed by atoms with E-state index >= 15 is 0 Å². The second-order valence-corrected chi connectivity index (χ2v) is 5.15. The highest BCUT2D eigenvalue weighted by atomic mass is 16.5. The van der Waals surface area contributed by atoms with Crippen molar-refractivity contribution in [3.63, 3.8) is 0 Å². The molecule has 2 rings (SSSR count). The van der Waals surface area contributed by atoms with Gasteiger partial charge >= 0.3 is 0 Å². The van der Waals surface area contributed by atoms with Crippen LogP contribution in [0.4, 0.5) is 5.69 Å². The molecule has 5 nitrogen and oxygen atoms in total. The van der Waals surface area contributed by atoms with Gasteiger partial charge in [0.15, 0.2) is 0 Å². The number of amides is 1. The molecule has 0 saturated carbocycles. The molecule has 1 aliphatic heterocycles. The van der Waals surface area contributed by atoms with Gasteiger partial charge in [0.1, 0.15) is 5.75 Å². The zero-order chi connectivity index (χ0) is 14.4. The van der Waals surface area contributed by atoms with E-state index in [1.54, 1.807) is 7.11 Å². The summed E-state index contributed by atoms with van der Waals surface area (Å²) in [6, 6.07) is 7.96. The van der Waals surface area contributed by atoms with Crippen LogP contribution in [0.5, 0.6) is 5.75 Å². The minimum Gasteiger partial charge on any atom is -0.495 e. The van der Waals surface area contributed by atoms with Gasteiger partial charge in [0.2, 0.25) is 5.91 Å². The molecule has 5 heteroatoms. The van der Waals surface area contributed by atoms with Gasteiger partial charge in [-0.1, -0.05) is 12.1 Å². The molecular formula is C15H23N3O2. The Labute approximate surface area is 120 Å². The molecule has 0 radical (unpaired) electrons. The minimum atomic E-state index is 0.0284. The quantitative estimate of drug-likeness (QED) is 0.852. The molecule has 1 atom stereocenters. The Balaban J connectivity index is 1.80. The number of piperazine rings is 1. The van der Waals surface area contributed by atoms with Gasteiger partial charge < -0.3 is 20.3 Å². The first-order valence-electron chi connectivity index (χ1n) is 7.07. The molecule has 1 aromatic carbocycles. The molecule has 1 saturated heterocycles. The predicted octanol–water partition coefficient (Wildman–Crippen LogP) is 1.32. The molecule has 1 aromatic rings. The number of rotatable bonds is 5. The van der Waals surface area contributed by atoms with Gasteiger partial charge in [0, 0.05) is 38.6 Å². The summed E-state index contributed by atoms with van der Waals surface area (Å²) in [5.41, 5.74) is 0.730. The Kier molecular flexibility index (Phi) is 5.38. The third-order valence-electron chi connectivity index (χ3n) is 3.49. The van der Waals surface area contributed by atoms with Gasteiger partial charge in [-0.2, -0.15) is 0 Å². The van der Waals surface area contributed by atoms with Gasteiger partial charge in [-0.15, -0.1) is 0 Å². The van der Waals surface area contributed by atoms with Crippen LogP contribution in [-0.2, 0) is 4.79 Å². The number of nitrogens with zero attached hydrogens (tertiary/aromatic N) is 1. The molecule has 0 aromatic heterocycles. The highest BCUT2D eigenvalue weighted by molar-refractivity contribution is 5.92. The van der Waals surface area contributed by atoms with E-state index in [0.717, 1.165) is 31.9 Å². The average Bonchev–Trinajstić information content (AvgIpc) is 2.46. The van der Waals surface area contributed by atoms with Crippen LogP contribution in [0.1, 0.15) is 13.3 Å². The van der Waals surface area contributed by atoms with Crippen molar-refractivity contribution in [1.82, 2.24) is 10.2 Å². The molecule has 0 spiro atoms. The molecule has 20 heavy (non-hydrogen) atoms. The summed E-state index contributed by atoms with van der Waals surface area (Å²) >= 11 is 0. The van der Waals surface area contributed by atoms with E-state index in [1.807, 2.05) is 24.3 Å². The van der Waals surface area contributed by atoms with E-state index in [-0.39, 0.29) is 5.91 Å². The molecule has 2 N–H and O–H groups in total. The Morgan fingerprint density at radius 3 is 3.05 bits per heavy atom. The molecule has 1 fully saturated rings. The lowest BCUT2D eigenvalue weighted by atomic mass is 10.2. The number of benzene rings is 1. The van der Waals surface area contributed by atoms with Gasteiger partial charge in [-0.3, -0.25) is 4.79 Å². The van der Waals surface area contributed by atoms with Gasteiger partial charge in [-0.05, 0) is 19.1 Å². The molecule has 0 aliphatic carbocycles. The van der Waals surface area contributed by atoms with Crippen molar-refractivity contribution in [2.24, 2.45) is 0 Å². The van der Waals surface area contributed by atoms with Gasteiger partial charge in [-0.25, -0.2) is 0 Å². The number of para-hydroxylation sites is 2. The smallest absolute Gasteiger partial charge is 0.225 e. The largest absolute Gasteiger partial charge is 0.495 e. The van der Waals surface area contributed by atoms with Crippen molar-refractivity contribution in [1.29, 1.82) is 0 Å². The van der Waals surface area contributed by atoms with Crippen molar-refractivity contribution < 1.29 is 9.53 Å². The Bertz CT molecular complexity index is 450. The summed E-state index contributed by atoms with van der Waals surface area (Å²) < 4.78 is 5.22. The summed E-state index contributed by atoms with van der Waals surface area (Å²) in [7, 11) is 1.60. The Morgan fingerprint density at radius 2 is 2.30 bits per heavy atom. The second-order valence-electron chi connectivity index (χ2n) is 5.15. The zero-order valence-corrected chi connectivity index (χ0v) is 12.2. The fourth-order valence-corrected chi connectivity index (χ4v) is 2.44. The maximum atomic E-state index is 12.0. The monoisotopic (exact) mass is 277 g/mol. The average molecular weight is 277 g/mol. The van der Waals surface area contributed by atoms with Gasteiger partial charge in [0.05, 0.1) is 12.8 Å². The van der Waals surface area contributed by atoms with E-state index in [9.17, 15) is 4.79 Å². The number of carbonyl (C=O) groups is 1. The summed E-state index contributed by atoms with van der Waals surface area (Å²) in [5.74, 6) is 0.720. The number of hydrogen-bond donors (Lipinski definition) is 2. The standard InChI is InChI=1S/C15H23N3O2/c1-12-11-18(10-8-16-12)9-7-15(19)17-13-5-3-4-6-14(13)20-2/h3-6,12,16H,7-11H2,1-2H3,(H,17,19). The van der Waals surface area contributed by atoms with Gasteiger partial charge in [0.25, 0.3) is 0 Å². The summed E-state index contributed by atoms with van der Waals surface area (Å²) in [6.07, 6.45) is 0.505. The normalized spacial score (nSPS) is 19.6. The third-order valence-corrected chi connectivity index (χ3v) is 3.49. The maximum Gasteiger partial charge on any atom is 0.225 e. The zero-order valence-electron chi connectivity index (χ0n) is 12.2. The van der Waals surface area contributed by atoms with Crippen LogP contribution < -0.4 is 15.4 Å². The number of nitrogens with one attached hydrogen (secondary N) is 2. The van der Waals surface area contributed by atoms with E-state index in [2.05, 4.69) is 22.5 Å². The van der Waals surface area contributed by atoms with Crippen LogP contribution in [0.25, 0.3) is 0 Å². The predicted molar refractivity (Wildman–Crippen MR) is 80.1 cm³/mol. The summed E-state index contributed by atoms with van der Waals surface area (Å²) in [5, 5.41) is 6.30. The summed E-state index contributed by atoms with van der Waals surface area (Å²) in [6.45, 7) is 5.97. The fraction of sp³-hybridized carbons (Fsp3) is 0.533. The van der Waals surface area contributed by atoms with E-state index < -0.39 is 0 Å². The van der Waals surface area contributed by atoms with Crippen molar-refractivity contribution in [2.75, 3.05) is 38.6 Å². The number of ether oxygens (including phenoxy) is 1. The molecule has 110 valence electrons. The first-order chi connectivity index (χ1) is 9.69. The molecule has 0 bridgehead atoms. The highest BCUT2D eigenvalue weighted by Crippen LogP contribution is 2.23. The van der Waals surface area contributed by atoms with Crippen LogP contribution in [0.15, 0.2) is 24.3 Å². The van der Waals surface area contributed by atoms with Crippen molar-refractivity contribution in [2.45, 2.75) is 19.4 Å². The Hall–Kier alpha value is -1.59. The number of carbonyl (C=O) groups excluding carboxylic acids is 1. The van der Waals surface area contributed by atoms with Crippen LogP contribution >= 0.6 is 0 Å². The SMILES string of the molecule is COc1ccccc1NC(=O)CCN1CCNC(C)C1. The molecule has 1 amide bonds. The van der Waals surface area contributed by atoms with Crippen molar-refractivity contribution in [3.8, 4) is 5.75 Å². The first-order valence-corrected chi connectivity index (χ1v) is 7.07. The summed E-state index contributed by atoms with van der Waals surface area (Å²) in [4.78, 5) is 14.3. The van der Waals surface area contributed by atoms with Crippen molar-refractivity contribution in [3.05, 3.63) is 24.3 Å². The Morgan fingerprint density at radius 1 is 1.50 bits per heavy atom. The molecule has 1 heterocycles.